The second-order valence-electron chi connectivity index (χ2n) is 19.2. The highest BCUT2D eigenvalue weighted by molar-refractivity contribution is 9.11. The number of carbonyl (C=O) groups excluding carboxylic acids is 3. The van der Waals surface area contributed by atoms with Gasteiger partial charge < -0.3 is 15.2 Å². The first-order valence-corrected chi connectivity index (χ1v) is 28.3. The van der Waals surface area contributed by atoms with Crippen LogP contribution in [0.4, 0.5) is 11.4 Å². The zero-order valence-corrected chi connectivity index (χ0v) is 44.2. The molecule has 3 aromatic carbocycles. The Morgan fingerprint density at radius 3 is 1.33 bits per heavy atom. The fraction of sp³-hybridized carbons (Fsp3) is 0.638. The van der Waals surface area contributed by atoms with Crippen LogP contribution in [0.1, 0.15) is 257 Å². The van der Waals surface area contributed by atoms with Crippen LogP contribution in [0.5, 0.6) is 5.75 Å². The predicted octanol–water partition coefficient (Wildman–Crippen LogP) is 18.7. The molecule has 1 aliphatic carbocycles. The van der Waals surface area contributed by atoms with Crippen molar-refractivity contribution in [2.75, 3.05) is 11.9 Å². The van der Waals surface area contributed by atoms with Gasteiger partial charge in [0.05, 0.1) is 35.0 Å². The molecule has 1 unspecified atom stereocenters. The Bertz CT molecular complexity index is 1850. The van der Waals surface area contributed by atoms with Crippen molar-refractivity contribution in [3.63, 3.8) is 0 Å². The van der Waals surface area contributed by atoms with Crippen molar-refractivity contribution in [2.45, 2.75) is 226 Å². The molecule has 0 aliphatic heterocycles. The summed E-state index contributed by atoms with van der Waals surface area (Å²) in [6.07, 6.45) is 42.4. The molecule has 4 rings (SSSR count). The number of anilines is 2. The van der Waals surface area contributed by atoms with Crippen LogP contribution in [0.15, 0.2) is 57.5 Å². The number of phenols is 1. The summed E-state index contributed by atoms with van der Waals surface area (Å²) in [6.45, 7) is 4.87. The van der Waals surface area contributed by atoms with Crippen molar-refractivity contribution in [3.8, 4) is 5.75 Å². The fourth-order valence-corrected chi connectivity index (χ4v) is 11.1. The van der Waals surface area contributed by atoms with Crippen molar-refractivity contribution in [1.82, 2.24) is 0 Å². The topological polar surface area (TPSA) is 92.7 Å². The lowest BCUT2D eigenvalue weighted by molar-refractivity contribution is -0.149. The number of aromatic hydroxyl groups is 1. The minimum absolute atomic E-state index is 0.00634. The van der Waals surface area contributed by atoms with Crippen LogP contribution in [0.2, 0.25) is 0 Å². The van der Waals surface area contributed by atoms with Gasteiger partial charge in [-0.3, -0.25) is 14.4 Å². The molecule has 0 bridgehead atoms. The molecule has 0 saturated carbocycles. The third-order valence-corrected chi connectivity index (χ3v) is 14.9. The van der Waals surface area contributed by atoms with Gasteiger partial charge in [-0.05, 0) is 74.5 Å². The molecular formula is C58H85Br2NO5. The zero-order valence-electron chi connectivity index (χ0n) is 41.1. The maximum absolute atomic E-state index is 13.7. The van der Waals surface area contributed by atoms with E-state index >= 15 is 0 Å². The summed E-state index contributed by atoms with van der Waals surface area (Å²) >= 11 is 7.43. The summed E-state index contributed by atoms with van der Waals surface area (Å²) in [5.41, 5.74) is 2.85. The molecule has 0 spiro atoms. The van der Waals surface area contributed by atoms with Crippen LogP contribution in [-0.2, 0) is 16.0 Å². The molecule has 0 radical (unpaired) electrons. The Labute approximate surface area is 417 Å². The van der Waals surface area contributed by atoms with Crippen LogP contribution in [0.3, 0.4) is 0 Å². The van der Waals surface area contributed by atoms with Gasteiger partial charge in [-0.1, -0.05) is 231 Å². The van der Waals surface area contributed by atoms with Crippen molar-refractivity contribution >= 4 is 60.8 Å². The molecule has 0 saturated heterocycles. The van der Waals surface area contributed by atoms with E-state index in [2.05, 4.69) is 51.0 Å². The van der Waals surface area contributed by atoms with E-state index in [0.29, 0.717) is 30.0 Å². The van der Waals surface area contributed by atoms with E-state index in [9.17, 15) is 19.5 Å². The molecule has 0 heterocycles. The number of hydrogen-bond acceptors (Lipinski definition) is 6. The minimum Gasteiger partial charge on any atom is -0.507 e. The molecule has 66 heavy (non-hydrogen) atoms. The van der Waals surface area contributed by atoms with Crippen molar-refractivity contribution < 1.29 is 24.2 Å². The van der Waals surface area contributed by atoms with E-state index in [0.717, 1.165) is 40.2 Å². The number of ether oxygens (including phenoxy) is 1. The molecule has 0 aromatic heterocycles. The Balaban J connectivity index is 1.21. The second kappa shape index (κ2) is 33.5. The third-order valence-electron chi connectivity index (χ3n) is 13.7. The highest BCUT2D eigenvalue weighted by Gasteiger charge is 2.34. The molecule has 8 heteroatoms. The maximum Gasteiger partial charge on any atom is 0.308 e. The monoisotopic (exact) mass is 1030 g/mol. The summed E-state index contributed by atoms with van der Waals surface area (Å²) in [4.78, 5) is 40.7. The summed E-state index contributed by atoms with van der Waals surface area (Å²) in [5, 5.41) is 14.0. The molecule has 6 nitrogen and oxygen atoms in total. The Hall–Kier alpha value is -2.97. The lowest BCUT2D eigenvalue weighted by Crippen LogP contribution is -2.22. The van der Waals surface area contributed by atoms with Gasteiger partial charge in [0.25, 0.3) is 0 Å². The van der Waals surface area contributed by atoms with Crippen molar-refractivity contribution in [2.24, 2.45) is 5.92 Å². The summed E-state index contributed by atoms with van der Waals surface area (Å²) < 4.78 is 7.50. The van der Waals surface area contributed by atoms with Crippen molar-refractivity contribution in [3.05, 3.63) is 85.3 Å². The average molecular weight is 1040 g/mol. The molecule has 3 aromatic rings. The highest BCUT2D eigenvalue weighted by Crippen LogP contribution is 2.41. The van der Waals surface area contributed by atoms with Gasteiger partial charge in [-0.25, -0.2) is 0 Å². The number of hydrogen-bond donors (Lipinski definition) is 2. The fourth-order valence-electron chi connectivity index (χ4n) is 9.63. The van der Waals surface area contributed by atoms with E-state index in [-0.39, 0.29) is 45.9 Å². The van der Waals surface area contributed by atoms with E-state index < -0.39 is 0 Å². The number of ketones is 2. The minimum atomic E-state index is -0.378. The molecule has 2 N–H and O–H groups in total. The zero-order chi connectivity index (χ0) is 47.2. The van der Waals surface area contributed by atoms with Crippen LogP contribution < -0.4 is 5.32 Å². The lowest BCUT2D eigenvalue weighted by Gasteiger charge is -2.22. The smallest absolute Gasteiger partial charge is 0.308 e. The number of unbranched alkanes of at least 4 members (excludes halogenated alkanes) is 28. The first kappa shape index (κ1) is 55.6. The maximum atomic E-state index is 13.7. The van der Waals surface area contributed by atoms with Gasteiger partial charge in [0, 0.05) is 26.5 Å². The lowest BCUT2D eigenvalue weighted by atomic mass is 9.82. The normalized spacial score (nSPS) is 12.6. The van der Waals surface area contributed by atoms with Crippen LogP contribution in [0.25, 0.3) is 0 Å². The Morgan fingerprint density at radius 2 is 0.924 bits per heavy atom. The number of halogens is 2. The largest absolute Gasteiger partial charge is 0.507 e. The van der Waals surface area contributed by atoms with Gasteiger partial charge in [0.2, 0.25) is 0 Å². The van der Waals surface area contributed by atoms with E-state index in [1.807, 2.05) is 12.1 Å². The average Bonchev–Trinajstić information content (AvgIpc) is 3.31. The first-order valence-electron chi connectivity index (χ1n) is 26.7. The van der Waals surface area contributed by atoms with Gasteiger partial charge in [-0.2, -0.15) is 0 Å². The molecule has 1 atom stereocenters. The third kappa shape index (κ3) is 19.9. The van der Waals surface area contributed by atoms with Gasteiger partial charge >= 0.3 is 5.97 Å². The predicted molar refractivity (Wildman–Crippen MR) is 284 cm³/mol. The first-order chi connectivity index (χ1) is 32.3. The molecule has 1 aliphatic rings. The summed E-state index contributed by atoms with van der Waals surface area (Å²) in [6, 6.07) is 13.7. The molecule has 0 fully saturated rings. The van der Waals surface area contributed by atoms with Gasteiger partial charge in [0.15, 0.2) is 11.6 Å². The summed E-state index contributed by atoms with van der Waals surface area (Å²) in [7, 11) is 0. The number of fused-ring (bicyclic) bond motifs is 2. The van der Waals surface area contributed by atoms with Gasteiger partial charge in [0.1, 0.15) is 5.75 Å². The Morgan fingerprint density at radius 1 is 0.545 bits per heavy atom. The second-order valence-corrected chi connectivity index (χ2v) is 20.9. The quantitative estimate of drug-likeness (QED) is 0.0264. The van der Waals surface area contributed by atoms with Crippen LogP contribution >= 0.6 is 31.9 Å². The number of esters is 1. The van der Waals surface area contributed by atoms with Crippen molar-refractivity contribution in [1.29, 1.82) is 0 Å². The van der Waals surface area contributed by atoms with Crippen LogP contribution in [0, 0.1) is 5.92 Å². The van der Waals surface area contributed by atoms with E-state index in [4.69, 9.17) is 4.74 Å². The van der Waals surface area contributed by atoms with E-state index in [1.165, 1.54) is 186 Å². The Kier molecular flexibility index (Phi) is 28.2. The number of phenolic OH excluding ortho intramolecular Hbond substituents is 1. The number of nitrogens with one attached hydrogen (secondary N) is 1. The summed E-state index contributed by atoms with van der Waals surface area (Å²) in [5.74, 6) is -1.02. The highest BCUT2D eigenvalue weighted by atomic mass is 79.9. The standard InChI is InChI=1S/C58H85Br2NO5/c1-3-5-7-9-11-13-15-17-19-20-22-24-26-28-30-32-36-46(35-31-29-27-25-23-21-18-16-14-12-10-8-6-4-2)58(65)66-42-41-45-43-49(59)55(50(60)44-45)61-51-39-40-52(62)54-53(51)56(63)47-37-33-34-38-48(47)57(54)64/h33-34,37-40,43-44,46,61-62H,3-32,35-36,41-42H2,1-2H3. The SMILES string of the molecule is CCCCCCCCCCCCCCCCCCC(CCCCCCCCCCCCCCCC)C(=O)OCCc1cc(Br)c(Nc2ccc(O)c3c2C(=O)c2ccccc2C3=O)c(Br)c1. The molecular weight excluding hydrogens is 950 g/mol. The molecule has 0 amide bonds. The number of benzene rings is 3. The van der Waals surface area contributed by atoms with Gasteiger partial charge in [-0.15, -0.1) is 0 Å². The van der Waals surface area contributed by atoms with E-state index in [1.54, 1.807) is 30.3 Å². The molecule has 366 valence electrons. The number of rotatable bonds is 38. The van der Waals surface area contributed by atoms with Crippen LogP contribution in [-0.4, -0.2) is 29.2 Å². The number of carbonyl (C=O) groups is 3.